The minimum atomic E-state index is -0.461. The van der Waals surface area contributed by atoms with Crippen molar-refractivity contribution in [3.63, 3.8) is 0 Å². The van der Waals surface area contributed by atoms with Crippen LogP contribution in [0.4, 0.5) is 5.88 Å². The zero-order valence-electron chi connectivity index (χ0n) is 14.9. The molecule has 140 valence electrons. The Bertz CT molecular complexity index is 1110. The maximum absolute atomic E-state index is 12.5. The van der Waals surface area contributed by atoms with E-state index in [0.717, 1.165) is 22.4 Å². The van der Waals surface area contributed by atoms with Crippen LogP contribution in [0.15, 0.2) is 64.3 Å². The molecule has 0 saturated heterocycles. The number of phenols is 1. The standard InChI is InChI=1S/C21H16N2O5/c1-26-14-7-5-11(6-8-14)19-18-16(12-3-2-4-13(24)9-12)17-15(10-27-21(17)25)22-20(18)28-23-19/h2-9,16,22,24H,10H2,1H3. The number of cyclic esters (lactones) is 1. The maximum atomic E-state index is 12.5. The first-order valence-corrected chi connectivity index (χ1v) is 8.76. The molecule has 2 aromatic carbocycles. The van der Waals surface area contributed by atoms with Gasteiger partial charge < -0.3 is 24.4 Å². The van der Waals surface area contributed by atoms with Crippen LogP contribution < -0.4 is 10.1 Å². The molecule has 0 amide bonds. The highest BCUT2D eigenvalue weighted by molar-refractivity contribution is 5.97. The fraction of sp³-hybridized carbons (Fsp3) is 0.143. The van der Waals surface area contributed by atoms with Gasteiger partial charge in [-0.2, -0.15) is 0 Å². The van der Waals surface area contributed by atoms with Crippen LogP contribution in [-0.4, -0.2) is 29.9 Å². The van der Waals surface area contributed by atoms with E-state index in [4.69, 9.17) is 14.0 Å². The molecular formula is C21H16N2O5. The average Bonchev–Trinajstić information content (AvgIpc) is 3.30. The van der Waals surface area contributed by atoms with E-state index >= 15 is 0 Å². The van der Waals surface area contributed by atoms with Crippen LogP contribution >= 0.6 is 0 Å². The molecule has 0 aliphatic carbocycles. The fourth-order valence-electron chi connectivity index (χ4n) is 3.74. The second-order valence-electron chi connectivity index (χ2n) is 6.62. The Balaban J connectivity index is 1.71. The Morgan fingerprint density at radius 3 is 2.79 bits per heavy atom. The lowest BCUT2D eigenvalue weighted by Crippen LogP contribution is -2.19. The molecule has 28 heavy (non-hydrogen) atoms. The van der Waals surface area contributed by atoms with E-state index < -0.39 is 5.92 Å². The smallest absolute Gasteiger partial charge is 0.337 e. The largest absolute Gasteiger partial charge is 0.508 e. The Kier molecular flexibility index (Phi) is 3.61. The fourth-order valence-corrected chi connectivity index (χ4v) is 3.74. The van der Waals surface area contributed by atoms with Crippen molar-refractivity contribution in [3.05, 3.63) is 70.9 Å². The van der Waals surface area contributed by atoms with E-state index in [2.05, 4.69) is 10.5 Å². The van der Waals surface area contributed by atoms with Gasteiger partial charge in [0, 0.05) is 5.56 Å². The number of rotatable bonds is 3. The number of aromatic nitrogens is 1. The second-order valence-corrected chi connectivity index (χ2v) is 6.62. The third-order valence-electron chi connectivity index (χ3n) is 5.03. The summed E-state index contributed by atoms with van der Waals surface area (Å²) in [6.07, 6.45) is 0. The first-order valence-electron chi connectivity index (χ1n) is 8.76. The summed E-state index contributed by atoms with van der Waals surface area (Å²) in [4.78, 5) is 12.5. The summed E-state index contributed by atoms with van der Waals surface area (Å²) in [7, 11) is 1.61. The Morgan fingerprint density at radius 1 is 1.21 bits per heavy atom. The number of nitrogens with zero attached hydrogens (tertiary/aromatic N) is 1. The van der Waals surface area contributed by atoms with Gasteiger partial charge >= 0.3 is 5.97 Å². The van der Waals surface area contributed by atoms with Crippen LogP contribution in [0.1, 0.15) is 17.0 Å². The third kappa shape index (κ3) is 2.44. The van der Waals surface area contributed by atoms with Crippen molar-refractivity contribution in [3.8, 4) is 22.8 Å². The van der Waals surface area contributed by atoms with Crippen molar-refractivity contribution in [2.24, 2.45) is 0 Å². The molecule has 0 saturated carbocycles. The van der Waals surface area contributed by atoms with Gasteiger partial charge in [-0.15, -0.1) is 0 Å². The Hall–Kier alpha value is -3.74. The number of methoxy groups -OCH3 is 1. The normalized spacial score (nSPS) is 17.6. The molecule has 0 fully saturated rings. The highest BCUT2D eigenvalue weighted by atomic mass is 16.5. The third-order valence-corrected chi connectivity index (χ3v) is 5.03. The molecule has 7 heteroatoms. The first kappa shape index (κ1) is 16.4. The molecule has 7 nitrogen and oxygen atoms in total. The van der Waals surface area contributed by atoms with Crippen molar-refractivity contribution >= 4 is 11.9 Å². The van der Waals surface area contributed by atoms with Crippen LogP contribution in [0.5, 0.6) is 11.5 Å². The minimum Gasteiger partial charge on any atom is -0.508 e. The monoisotopic (exact) mass is 376 g/mol. The van der Waals surface area contributed by atoms with Gasteiger partial charge in [-0.05, 0) is 42.0 Å². The molecule has 3 aromatic rings. The molecular weight excluding hydrogens is 360 g/mol. The van der Waals surface area contributed by atoms with E-state index in [-0.39, 0.29) is 18.3 Å². The average molecular weight is 376 g/mol. The van der Waals surface area contributed by atoms with E-state index in [1.54, 1.807) is 25.3 Å². The van der Waals surface area contributed by atoms with Crippen LogP contribution in [0.25, 0.3) is 11.3 Å². The Labute approximate surface area is 160 Å². The molecule has 0 spiro atoms. The highest BCUT2D eigenvalue weighted by Crippen LogP contribution is 2.48. The molecule has 1 aromatic heterocycles. The zero-order chi connectivity index (χ0) is 19.3. The molecule has 1 unspecified atom stereocenters. The summed E-state index contributed by atoms with van der Waals surface area (Å²) in [6, 6.07) is 14.3. The topological polar surface area (TPSA) is 93.8 Å². The summed E-state index contributed by atoms with van der Waals surface area (Å²) in [5.41, 5.74) is 4.10. The number of phenolic OH excluding ortho intramolecular Hbond substituents is 1. The first-order chi connectivity index (χ1) is 13.7. The van der Waals surface area contributed by atoms with Crippen LogP contribution in [-0.2, 0) is 9.53 Å². The number of carbonyl (C=O) groups is 1. The lowest BCUT2D eigenvalue weighted by atomic mass is 9.81. The molecule has 1 atom stereocenters. The van der Waals surface area contributed by atoms with Crippen LogP contribution in [0.3, 0.4) is 0 Å². The number of nitrogens with one attached hydrogen (secondary N) is 1. The number of hydrogen-bond donors (Lipinski definition) is 2. The van der Waals surface area contributed by atoms with E-state index in [1.165, 1.54) is 0 Å². The lowest BCUT2D eigenvalue weighted by molar-refractivity contribution is -0.136. The SMILES string of the molecule is COc1ccc(-c2noc3c2C(c2cccc(O)c2)C2=C(COC2=O)N3)cc1. The summed E-state index contributed by atoms with van der Waals surface area (Å²) in [6.45, 7) is 0.154. The number of hydrogen-bond acceptors (Lipinski definition) is 7. The summed E-state index contributed by atoms with van der Waals surface area (Å²) >= 11 is 0. The van der Waals surface area contributed by atoms with Crippen molar-refractivity contribution in [2.75, 3.05) is 19.0 Å². The quantitative estimate of drug-likeness (QED) is 0.677. The van der Waals surface area contributed by atoms with Crippen molar-refractivity contribution in [2.45, 2.75) is 5.92 Å². The van der Waals surface area contributed by atoms with Gasteiger partial charge in [0.25, 0.3) is 0 Å². The van der Waals surface area contributed by atoms with Gasteiger partial charge in [-0.3, -0.25) is 0 Å². The number of fused-ring (bicyclic) bond motifs is 1. The molecule has 3 heterocycles. The van der Waals surface area contributed by atoms with Gasteiger partial charge in [-0.1, -0.05) is 17.3 Å². The maximum Gasteiger partial charge on any atom is 0.337 e. The van der Waals surface area contributed by atoms with Crippen molar-refractivity contribution < 1.29 is 23.9 Å². The van der Waals surface area contributed by atoms with Gasteiger partial charge in [0.2, 0.25) is 5.88 Å². The molecule has 2 N–H and O–H groups in total. The molecule has 5 rings (SSSR count). The highest BCUT2D eigenvalue weighted by Gasteiger charge is 2.42. The number of aromatic hydroxyl groups is 1. The number of ether oxygens (including phenoxy) is 2. The number of benzene rings is 2. The molecule has 0 bridgehead atoms. The summed E-state index contributed by atoms with van der Waals surface area (Å²) in [5, 5.41) is 17.4. The van der Waals surface area contributed by atoms with E-state index in [9.17, 15) is 9.90 Å². The molecule has 2 aliphatic heterocycles. The molecule has 2 aliphatic rings. The predicted molar refractivity (Wildman–Crippen MR) is 100 cm³/mol. The molecule has 0 radical (unpaired) electrons. The van der Waals surface area contributed by atoms with Gasteiger partial charge in [0.05, 0.1) is 29.9 Å². The predicted octanol–water partition coefficient (Wildman–Crippen LogP) is 3.42. The van der Waals surface area contributed by atoms with Crippen LogP contribution in [0.2, 0.25) is 0 Å². The van der Waals surface area contributed by atoms with Gasteiger partial charge in [0.15, 0.2) is 0 Å². The number of carbonyl (C=O) groups excluding carboxylic acids is 1. The van der Waals surface area contributed by atoms with E-state index in [1.807, 2.05) is 30.3 Å². The minimum absolute atomic E-state index is 0.119. The van der Waals surface area contributed by atoms with Gasteiger partial charge in [0.1, 0.15) is 23.8 Å². The van der Waals surface area contributed by atoms with Gasteiger partial charge in [-0.25, -0.2) is 4.79 Å². The number of anilines is 1. The lowest BCUT2D eigenvalue weighted by Gasteiger charge is -2.23. The van der Waals surface area contributed by atoms with E-state index in [0.29, 0.717) is 22.8 Å². The second kappa shape index (κ2) is 6.16. The Morgan fingerprint density at radius 2 is 2.04 bits per heavy atom. The number of esters is 1. The summed E-state index contributed by atoms with van der Waals surface area (Å²) in [5.74, 6) is 0.470. The zero-order valence-corrected chi connectivity index (χ0v) is 14.9. The summed E-state index contributed by atoms with van der Waals surface area (Å²) < 4.78 is 16.0. The van der Waals surface area contributed by atoms with Crippen LogP contribution in [0, 0.1) is 0 Å². The van der Waals surface area contributed by atoms with Crippen molar-refractivity contribution in [1.82, 2.24) is 5.16 Å². The van der Waals surface area contributed by atoms with Crippen molar-refractivity contribution in [1.29, 1.82) is 0 Å².